The van der Waals surface area contributed by atoms with Gasteiger partial charge in [-0.05, 0) is 50.1 Å². The van der Waals surface area contributed by atoms with Gasteiger partial charge in [-0.25, -0.2) is 8.42 Å². The molecule has 2 heterocycles. The van der Waals surface area contributed by atoms with Crippen LogP contribution in [0.1, 0.15) is 22.7 Å². The predicted octanol–water partition coefficient (Wildman–Crippen LogP) is 3.19. The monoisotopic (exact) mass is 518 g/mol. The van der Waals surface area contributed by atoms with E-state index in [0.29, 0.717) is 39.0 Å². The van der Waals surface area contributed by atoms with E-state index in [1.54, 1.807) is 32.0 Å². The number of hydrogen-bond donors (Lipinski definition) is 2. The van der Waals surface area contributed by atoms with Gasteiger partial charge in [0.25, 0.3) is 0 Å². The zero-order valence-corrected chi connectivity index (χ0v) is 20.7. The number of aromatic nitrogens is 2. The Hall–Kier alpha value is -3.64. The highest BCUT2D eigenvalue weighted by Crippen LogP contribution is 2.40. The summed E-state index contributed by atoms with van der Waals surface area (Å²) in [6.07, 6.45) is 0. The minimum Gasteiger partial charge on any atom is -0.480 e. The van der Waals surface area contributed by atoms with Gasteiger partial charge in [-0.2, -0.15) is 8.42 Å². The maximum atomic E-state index is 13.6. The highest BCUT2D eigenvalue weighted by Gasteiger charge is 2.31. The number of hydrogen-bond acceptors (Lipinski definition) is 8. The maximum Gasteiger partial charge on any atom is 0.341 e. The second kappa shape index (κ2) is 9.19. The van der Waals surface area contributed by atoms with Crippen LogP contribution in [0.3, 0.4) is 0 Å². The number of carbonyl (C=O) groups is 1. The van der Waals surface area contributed by atoms with E-state index in [2.05, 4.69) is 5.16 Å². The largest absolute Gasteiger partial charge is 0.480 e. The van der Waals surface area contributed by atoms with Crippen molar-refractivity contribution in [3.8, 4) is 16.9 Å². The normalized spacial score (nSPS) is 11.9. The Morgan fingerprint density at radius 3 is 2.37 bits per heavy atom. The van der Waals surface area contributed by atoms with Crippen molar-refractivity contribution in [3.05, 3.63) is 65.2 Å². The van der Waals surface area contributed by atoms with Crippen LogP contribution in [0, 0.1) is 20.8 Å². The smallest absolute Gasteiger partial charge is 0.341 e. The molecule has 0 aliphatic heterocycles. The number of carboxylic acids is 1. The summed E-state index contributed by atoms with van der Waals surface area (Å²) in [7, 11) is -7.07. The summed E-state index contributed by atoms with van der Waals surface area (Å²) < 4.78 is 61.1. The van der Waals surface area contributed by atoms with Crippen LogP contribution < -0.4 is 4.18 Å². The highest BCUT2D eigenvalue weighted by molar-refractivity contribution is 7.87. The summed E-state index contributed by atoms with van der Waals surface area (Å²) in [5, 5.41) is 13.7. The lowest BCUT2D eigenvalue weighted by molar-refractivity contribution is -0.137. The molecule has 0 saturated carbocycles. The van der Waals surface area contributed by atoms with Gasteiger partial charge < -0.3 is 18.4 Å². The van der Waals surface area contributed by atoms with Crippen molar-refractivity contribution in [2.24, 2.45) is 0 Å². The minimum atomic E-state index is -4.44. The van der Waals surface area contributed by atoms with Gasteiger partial charge in [-0.3, -0.25) is 4.79 Å². The molecule has 12 heteroatoms. The molecule has 0 unspecified atom stereocenters. The number of aryl methyl sites for hydroxylation is 2. The lowest BCUT2D eigenvalue weighted by Gasteiger charge is -2.10. The van der Waals surface area contributed by atoms with Crippen molar-refractivity contribution < 1.29 is 35.4 Å². The Balaban J connectivity index is 1.93. The zero-order chi connectivity index (χ0) is 25.5. The molecular weight excluding hydrogens is 496 g/mol. The van der Waals surface area contributed by atoms with Crippen molar-refractivity contribution in [3.63, 3.8) is 0 Å². The van der Waals surface area contributed by atoms with E-state index in [0.717, 1.165) is 0 Å². The molecule has 184 valence electrons. The van der Waals surface area contributed by atoms with Crippen LogP contribution in [0.2, 0.25) is 0 Å². The van der Waals surface area contributed by atoms with Gasteiger partial charge in [-0.15, -0.1) is 0 Å². The molecule has 0 aliphatic carbocycles. The van der Waals surface area contributed by atoms with Gasteiger partial charge in [0.05, 0.1) is 17.0 Å². The summed E-state index contributed by atoms with van der Waals surface area (Å²) in [4.78, 5) is 11.4. The van der Waals surface area contributed by atoms with E-state index in [9.17, 15) is 26.7 Å². The molecule has 0 saturated heterocycles. The number of thiol groups is 1. The number of carboxylic acid groups (broad SMARTS) is 1. The van der Waals surface area contributed by atoms with E-state index in [-0.39, 0.29) is 22.1 Å². The third-order valence-electron chi connectivity index (χ3n) is 5.58. The molecule has 0 aliphatic rings. The van der Waals surface area contributed by atoms with Gasteiger partial charge in [0.15, 0.2) is 0 Å². The molecule has 35 heavy (non-hydrogen) atoms. The molecular formula is C23H22N2O8S2. The maximum absolute atomic E-state index is 13.6. The molecule has 10 nitrogen and oxygen atoms in total. The third kappa shape index (κ3) is 4.66. The minimum absolute atomic E-state index is 0.0109. The first-order chi connectivity index (χ1) is 16.5. The lowest BCUT2D eigenvalue weighted by Crippen LogP contribution is -2.13. The Bertz CT molecular complexity index is 1600. The summed E-state index contributed by atoms with van der Waals surface area (Å²) in [6.45, 7) is 4.50. The fourth-order valence-electron chi connectivity index (χ4n) is 4.18. The lowest BCUT2D eigenvalue weighted by atomic mass is 10.0. The van der Waals surface area contributed by atoms with Crippen LogP contribution in [-0.4, -0.2) is 37.6 Å². The summed E-state index contributed by atoms with van der Waals surface area (Å²) >= 11 is 0. The molecule has 0 bridgehead atoms. The van der Waals surface area contributed by atoms with E-state index in [1.807, 2.05) is 0 Å². The molecule has 0 radical (unpaired) electrons. The molecule has 0 fully saturated rings. The summed E-state index contributed by atoms with van der Waals surface area (Å²) in [5.41, 5.74) is 2.76. The van der Waals surface area contributed by atoms with E-state index >= 15 is 0 Å². The number of benzene rings is 2. The average molecular weight is 519 g/mol. The fourth-order valence-corrected chi connectivity index (χ4v) is 6.07. The van der Waals surface area contributed by atoms with Crippen LogP contribution in [0.25, 0.3) is 22.0 Å². The third-order valence-corrected chi connectivity index (χ3v) is 7.62. The molecule has 4 rings (SSSR count). The molecule has 0 atom stereocenters. The molecule has 1 N–H and O–H groups in total. The first kappa shape index (κ1) is 24.5. The zero-order valence-electron chi connectivity index (χ0n) is 19.0. The van der Waals surface area contributed by atoms with Crippen molar-refractivity contribution in [1.82, 2.24) is 9.72 Å². The van der Waals surface area contributed by atoms with Crippen molar-refractivity contribution in [1.29, 1.82) is 0 Å². The Labute approximate surface area is 202 Å². The second-order valence-electron chi connectivity index (χ2n) is 7.97. The van der Waals surface area contributed by atoms with E-state index < -0.39 is 33.3 Å². The van der Waals surface area contributed by atoms with Gasteiger partial charge in [-0.1, -0.05) is 29.4 Å². The number of nitrogens with zero attached hydrogens (tertiary/aromatic N) is 2. The van der Waals surface area contributed by atoms with Gasteiger partial charge >= 0.3 is 16.1 Å². The van der Waals surface area contributed by atoms with Gasteiger partial charge in [0.2, 0.25) is 0 Å². The van der Waals surface area contributed by atoms with Crippen LogP contribution in [0.4, 0.5) is 0 Å². The van der Waals surface area contributed by atoms with Crippen LogP contribution >= 0.6 is 0 Å². The highest BCUT2D eigenvalue weighted by atomic mass is 32.2. The fraction of sp³-hybridized carbons (Fsp3) is 0.217. The quantitative estimate of drug-likeness (QED) is 0.265. The SMILES string of the molecule is Cc1noc(C)c1-c1cccc2c1c(S(=O)(=O)Oc1ccc(C[SH](=O)=O)cc1)c(C)n2CC(=O)O. The number of rotatable bonds is 8. The van der Waals surface area contributed by atoms with Crippen LogP contribution in [0.5, 0.6) is 5.75 Å². The van der Waals surface area contributed by atoms with Gasteiger partial charge in [0.1, 0.15) is 33.7 Å². The first-order valence-electron chi connectivity index (χ1n) is 10.4. The first-order valence-corrected chi connectivity index (χ1v) is 13.2. The standard InChI is InChI=1S/C23H22N2O8S2/c1-13-21(15(3)32-24-13)18-5-4-6-19-22(18)23(14(2)25(19)11-20(26)27)35(30,31)33-17-9-7-16(8-10-17)12-34(28)29/h4-10,34H,11-12H2,1-3H3,(H,26,27). The Morgan fingerprint density at radius 1 is 1.11 bits per heavy atom. The van der Waals surface area contributed by atoms with E-state index in [4.69, 9.17) is 8.71 Å². The Morgan fingerprint density at radius 2 is 1.80 bits per heavy atom. The molecule has 0 spiro atoms. The summed E-state index contributed by atoms with van der Waals surface area (Å²) in [6, 6.07) is 10.7. The average Bonchev–Trinajstić information content (AvgIpc) is 3.25. The number of fused-ring (bicyclic) bond motifs is 1. The topological polar surface area (TPSA) is 146 Å². The van der Waals surface area contributed by atoms with Crippen molar-refractivity contribution in [2.75, 3.05) is 0 Å². The van der Waals surface area contributed by atoms with E-state index in [1.165, 1.54) is 35.8 Å². The molecule has 2 aromatic carbocycles. The van der Waals surface area contributed by atoms with Crippen LogP contribution in [-0.2, 0) is 37.9 Å². The molecule has 4 aromatic rings. The number of aliphatic carboxylic acids is 1. The predicted molar refractivity (Wildman–Crippen MR) is 128 cm³/mol. The molecule has 0 amide bonds. The Kier molecular flexibility index (Phi) is 6.43. The second-order valence-corrected chi connectivity index (χ2v) is 10.4. The van der Waals surface area contributed by atoms with Crippen molar-refractivity contribution in [2.45, 2.75) is 38.0 Å². The summed E-state index contributed by atoms with van der Waals surface area (Å²) in [5.74, 6) is -0.839. The van der Waals surface area contributed by atoms with Gasteiger partial charge in [0, 0.05) is 16.6 Å². The molecule has 2 aromatic heterocycles. The van der Waals surface area contributed by atoms with Crippen LogP contribution in [0.15, 0.2) is 51.9 Å². The van der Waals surface area contributed by atoms with Crippen molar-refractivity contribution >= 4 is 37.7 Å².